The van der Waals surface area contributed by atoms with E-state index in [2.05, 4.69) is 32.0 Å². The molecule has 3 aromatic rings. The van der Waals surface area contributed by atoms with E-state index >= 15 is 0 Å². The maximum Gasteiger partial charge on any atom is 0.323 e. The average molecular weight is 478 g/mol. The van der Waals surface area contributed by atoms with E-state index in [0.717, 1.165) is 44.7 Å². The number of benzene rings is 2. The van der Waals surface area contributed by atoms with Crippen LogP contribution in [0, 0.1) is 6.92 Å². The van der Waals surface area contributed by atoms with Crippen LogP contribution in [-0.2, 0) is 9.59 Å². The maximum atomic E-state index is 12.8. The number of amides is 1. The van der Waals surface area contributed by atoms with Gasteiger partial charge in [0, 0.05) is 17.3 Å². The maximum absolute atomic E-state index is 12.8. The molecule has 2 aromatic carbocycles. The lowest BCUT2D eigenvalue weighted by atomic mass is 9.95. The summed E-state index contributed by atoms with van der Waals surface area (Å²) in [4.78, 5) is 25.5. The molecule has 168 valence electrons. The van der Waals surface area contributed by atoms with Crippen molar-refractivity contribution in [2.45, 2.75) is 26.7 Å². The highest BCUT2D eigenvalue weighted by Crippen LogP contribution is 2.36. The number of carboxylic acids is 1. The van der Waals surface area contributed by atoms with Gasteiger partial charge in [-0.3, -0.25) is 14.5 Å². The Balaban J connectivity index is 1.85. The van der Waals surface area contributed by atoms with Gasteiger partial charge in [-0.25, -0.2) is 4.68 Å². The number of para-hydroxylation sites is 1. The van der Waals surface area contributed by atoms with Crippen LogP contribution in [0.4, 0.5) is 0 Å². The number of aryl methyl sites for hydroxylation is 1. The Morgan fingerprint density at radius 3 is 2.61 bits per heavy atom. The van der Waals surface area contributed by atoms with Crippen molar-refractivity contribution in [2.75, 3.05) is 6.54 Å². The lowest BCUT2D eigenvalue weighted by Crippen LogP contribution is -2.33. The fourth-order valence-electron chi connectivity index (χ4n) is 3.58. The molecule has 0 aliphatic carbocycles. The summed E-state index contributed by atoms with van der Waals surface area (Å²) in [5.41, 5.74) is 5.67. The summed E-state index contributed by atoms with van der Waals surface area (Å²) in [7, 11) is 0. The quantitative estimate of drug-likeness (QED) is 0.386. The van der Waals surface area contributed by atoms with Crippen LogP contribution in [0.1, 0.15) is 36.5 Å². The molecule has 0 unspecified atom stereocenters. The van der Waals surface area contributed by atoms with Crippen LogP contribution in [0.2, 0.25) is 0 Å². The van der Waals surface area contributed by atoms with Crippen LogP contribution in [0.5, 0.6) is 0 Å². The zero-order valence-electron chi connectivity index (χ0n) is 18.5. The number of carbonyl (C=O) groups excluding carboxylic acids is 1. The van der Waals surface area contributed by atoms with Crippen molar-refractivity contribution in [2.24, 2.45) is 0 Å². The predicted molar refractivity (Wildman–Crippen MR) is 135 cm³/mol. The van der Waals surface area contributed by atoms with Crippen molar-refractivity contribution in [3.05, 3.63) is 76.3 Å². The highest BCUT2D eigenvalue weighted by atomic mass is 32.2. The van der Waals surface area contributed by atoms with Gasteiger partial charge in [0.1, 0.15) is 16.6 Å². The standard InChI is InChI=1S/C25H23N3O3S2/c1-15(2)17-10-9-16(3)20(11-17)23-18(13-28(26-23)19-7-5-4-6-8-19)12-21-24(31)27(14-22(29)30)25(32)33-21/h4-13,15H,14H2,1-3H3,(H,29,30)/b21-12-. The first-order valence-corrected chi connectivity index (χ1v) is 11.7. The second-order valence-corrected chi connectivity index (χ2v) is 9.78. The van der Waals surface area contributed by atoms with Gasteiger partial charge >= 0.3 is 5.97 Å². The Bertz CT molecular complexity index is 1280. The summed E-state index contributed by atoms with van der Waals surface area (Å²) in [5, 5.41) is 14.0. The molecule has 1 aliphatic rings. The minimum atomic E-state index is -1.11. The Hall–Kier alpha value is -3.23. The molecule has 4 rings (SSSR count). The zero-order chi connectivity index (χ0) is 23.7. The third-order valence-corrected chi connectivity index (χ3v) is 6.78. The molecule has 1 fully saturated rings. The van der Waals surface area contributed by atoms with Gasteiger partial charge in [0.2, 0.25) is 0 Å². The van der Waals surface area contributed by atoms with E-state index in [4.69, 9.17) is 22.4 Å². The summed E-state index contributed by atoms with van der Waals surface area (Å²) < 4.78 is 2.03. The summed E-state index contributed by atoms with van der Waals surface area (Å²) >= 11 is 6.36. The number of rotatable bonds is 6. The summed E-state index contributed by atoms with van der Waals surface area (Å²) in [6, 6.07) is 16.1. The number of hydrogen-bond acceptors (Lipinski definition) is 5. The molecule has 1 amide bonds. The first-order chi connectivity index (χ1) is 15.7. The van der Waals surface area contributed by atoms with E-state index in [0.29, 0.717) is 10.8 Å². The second kappa shape index (κ2) is 9.33. The van der Waals surface area contributed by atoms with Crippen LogP contribution >= 0.6 is 24.0 Å². The minimum Gasteiger partial charge on any atom is -0.480 e. The van der Waals surface area contributed by atoms with Gasteiger partial charge in [0.25, 0.3) is 5.91 Å². The minimum absolute atomic E-state index is 0.239. The lowest BCUT2D eigenvalue weighted by Gasteiger charge is -2.11. The molecule has 33 heavy (non-hydrogen) atoms. The van der Waals surface area contributed by atoms with Gasteiger partial charge in [-0.05, 0) is 48.2 Å². The highest BCUT2D eigenvalue weighted by molar-refractivity contribution is 8.26. The number of carboxylic acid groups (broad SMARTS) is 1. The summed E-state index contributed by atoms with van der Waals surface area (Å²) in [6.07, 6.45) is 3.64. The summed E-state index contributed by atoms with van der Waals surface area (Å²) in [5.74, 6) is -1.15. The fourth-order valence-corrected chi connectivity index (χ4v) is 4.83. The van der Waals surface area contributed by atoms with Gasteiger partial charge in [-0.2, -0.15) is 5.10 Å². The molecule has 0 atom stereocenters. The van der Waals surface area contributed by atoms with E-state index in [1.165, 1.54) is 5.56 Å². The topological polar surface area (TPSA) is 75.4 Å². The molecule has 0 bridgehead atoms. The van der Waals surface area contributed by atoms with Crippen LogP contribution in [-0.4, -0.2) is 42.5 Å². The SMILES string of the molecule is Cc1ccc(C(C)C)cc1-c1nn(-c2ccccc2)cc1/C=C1\SC(=S)N(CC(=O)O)C1=O. The summed E-state index contributed by atoms with van der Waals surface area (Å²) in [6.45, 7) is 5.88. The lowest BCUT2D eigenvalue weighted by molar-refractivity contribution is -0.140. The molecule has 2 heterocycles. The predicted octanol–water partition coefficient (Wildman–Crippen LogP) is 5.26. The molecule has 0 saturated carbocycles. The van der Waals surface area contributed by atoms with Crippen molar-refractivity contribution >= 4 is 46.3 Å². The third-order valence-electron chi connectivity index (χ3n) is 5.40. The van der Waals surface area contributed by atoms with E-state index < -0.39 is 18.4 Å². The number of carbonyl (C=O) groups is 2. The highest BCUT2D eigenvalue weighted by Gasteiger charge is 2.33. The molecular weight excluding hydrogens is 454 g/mol. The molecular formula is C25H23N3O3S2. The smallest absolute Gasteiger partial charge is 0.323 e. The van der Waals surface area contributed by atoms with Gasteiger partial charge < -0.3 is 5.11 Å². The Labute approximate surface area is 201 Å². The van der Waals surface area contributed by atoms with E-state index in [1.807, 2.05) is 43.5 Å². The van der Waals surface area contributed by atoms with Crippen molar-refractivity contribution in [1.29, 1.82) is 0 Å². The number of aliphatic carboxylic acids is 1. The van der Waals surface area contributed by atoms with Crippen LogP contribution < -0.4 is 0 Å². The van der Waals surface area contributed by atoms with Crippen LogP contribution in [0.3, 0.4) is 0 Å². The van der Waals surface area contributed by atoms with Crippen LogP contribution in [0.25, 0.3) is 23.0 Å². The fraction of sp³-hybridized carbons (Fsp3) is 0.200. The number of aromatic nitrogens is 2. The third kappa shape index (κ3) is 4.77. The van der Waals surface area contributed by atoms with E-state index in [-0.39, 0.29) is 4.32 Å². The normalized spacial score (nSPS) is 15.2. The van der Waals surface area contributed by atoms with Gasteiger partial charge in [-0.15, -0.1) is 0 Å². The number of thioether (sulfide) groups is 1. The molecule has 1 N–H and O–H groups in total. The molecule has 6 nitrogen and oxygen atoms in total. The van der Waals surface area contributed by atoms with Crippen molar-refractivity contribution in [3.8, 4) is 16.9 Å². The molecule has 8 heteroatoms. The Kier molecular flexibility index (Phi) is 6.49. The Morgan fingerprint density at radius 2 is 1.94 bits per heavy atom. The van der Waals surface area contributed by atoms with Gasteiger partial charge in [-0.1, -0.05) is 68.2 Å². The monoisotopic (exact) mass is 477 g/mol. The molecule has 1 saturated heterocycles. The largest absolute Gasteiger partial charge is 0.480 e. The molecule has 1 aromatic heterocycles. The van der Waals surface area contributed by atoms with Crippen molar-refractivity contribution in [3.63, 3.8) is 0 Å². The van der Waals surface area contributed by atoms with E-state index in [1.54, 1.807) is 10.8 Å². The first kappa shape index (κ1) is 22.9. The second-order valence-electron chi connectivity index (χ2n) is 8.10. The average Bonchev–Trinajstić information content (AvgIpc) is 3.31. The number of hydrogen-bond donors (Lipinski definition) is 1. The molecule has 0 spiro atoms. The van der Waals surface area contributed by atoms with Gasteiger partial charge in [0.15, 0.2) is 0 Å². The Morgan fingerprint density at radius 1 is 1.21 bits per heavy atom. The van der Waals surface area contributed by atoms with Crippen LogP contribution in [0.15, 0.2) is 59.6 Å². The first-order valence-electron chi connectivity index (χ1n) is 10.5. The zero-order valence-corrected chi connectivity index (χ0v) is 20.1. The number of thiocarbonyl (C=S) groups is 1. The molecule has 0 radical (unpaired) electrons. The molecule has 1 aliphatic heterocycles. The van der Waals surface area contributed by atoms with E-state index in [9.17, 15) is 9.59 Å². The van der Waals surface area contributed by atoms with Crippen molar-refractivity contribution in [1.82, 2.24) is 14.7 Å². The van der Waals surface area contributed by atoms with Gasteiger partial charge in [0.05, 0.1) is 10.6 Å². The van der Waals surface area contributed by atoms with Crippen molar-refractivity contribution < 1.29 is 14.7 Å². The number of nitrogens with zero attached hydrogens (tertiary/aromatic N) is 3.